The number of nitrogens with zero attached hydrogens (tertiary/aromatic N) is 2. The fourth-order valence-corrected chi connectivity index (χ4v) is 4.15. The Morgan fingerprint density at radius 1 is 1.07 bits per heavy atom. The first-order chi connectivity index (χ1) is 13.1. The summed E-state index contributed by atoms with van der Waals surface area (Å²) in [5.74, 6) is 0.169. The number of nitriles is 1. The van der Waals surface area contributed by atoms with E-state index in [0.29, 0.717) is 5.92 Å². The Hall–Kier alpha value is -2.18. The molecule has 0 aromatic heterocycles. The molecule has 0 aliphatic heterocycles. The third-order valence-corrected chi connectivity index (χ3v) is 6.10. The van der Waals surface area contributed by atoms with Crippen molar-refractivity contribution in [2.75, 3.05) is 20.1 Å². The Labute approximate surface area is 162 Å². The number of hydrogen-bond acceptors (Lipinski definition) is 2. The Balaban J connectivity index is 1.58. The van der Waals surface area contributed by atoms with Crippen LogP contribution in [0, 0.1) is 23.1 Å². The molecule has 142 valence electrons. The summed E-state index contributed by atoms with van der Waals surface area (Å²) in [4.78, 5) is 2.35. The molecular formula is C24H29FN2. The molecule has 0 bridgehead atoms. The first-order valence-electron chi connectivity index (χ1n) is 10.0. The van der Waals surface area contributed by atoms with Crippen LogP contribution in [0.15, 0.2) is 54.6 Å². The van der Waals surface area contributed by atoms with Crippen LogP contribution in [0.5, 0.6) is 0 Å². The van der Waals surface area contributed by atoms with Gasteiger partial charge in [-0.25, -0.2) is 4.39 Å². The van der Waals surface area contributed by atoms with Gasteiger partial charge in [0.25, 0.3) is 0 Å². The van der Waals surface area contributed by atoms with Gasteiger partial charge in [0, 0.05) is 6.54 Å². The molecule has 1 aliphatic carbocycles. The second-order valence-electron chi connectivity index (χ2n) is 7.86. The molecule has 2 aromatic carbocycles. The highest BCUT2D eigenvalue weighted by atomic mass is 19.1. The van der Waals surface area contributed by atoms with E-state index in [4.69, 9.17) is 0 Å². The van der Waals surface area contributed by atoms with Gasteiger partial charge >= 0.3 is 0 Å². The van der Waals surface area contributed by atoms with E-state index < -0.39 is 5.41 Å². The van der Waals surface area contributed by atoms with Gasteiger partial charge in [0.15, 0.2) is 0 Å². The summed E-state index contributed by atoms with van der Waals surface area (Å²) in [7, 11) is 2.15. The predicted molar refractivity (Wildman–Crippen MR) is 108 cm³/mol. The largest absolute Gasteiger partial charge is 0.306 e. The van der Waals surface area contributed by atoms with Crippen molar-refractivity contribution in [1.29, 1.82) is 5.26 Å². The van der Waals surface area contributed by atoms with Crippen molar-refractivity contribution in [2.24, 2.45) is 5.92 Å². The van der Waals surface area contributed by atoms with E-state index in [-0.39, 0.29) is 5.82 Å². The van der Waals surface area contributed by atoms with Gasteiger partial charge in [-0.05, 0) is 74.9 Å². The average Bonchev–Trinajstić information content (AvgIpc) is 2.65. The molecule has 1 saturated carbocycles. The molecular weight excluding hydrogens is 335 g/mol. The zero-order chi connectivity index (χ0) is 19.1. The molecule has 0 saturated heterocycles. The van der Waals surface area contributed by atoms with Crippen LogP contribution in [-0.2, 0) is 11.8 Å². The first-order valence-corrected chi connectivity index (χ1v) is 10.0. The molecule has 3 heteroatoms. The van der Waals surface area contributed by atoms with Crippen molar-refractivity contribution >= 4 is 0 Å². The van der Waals surface area contributed by atoms with Crippen LogP contribution in [0.4, 0.5) is 4.39 Å². The molecule has 0 amide bonds. The van der Waals surface area contributed by atoms with Crippen LogP contribution in [0.1, 0.15) is 43.2 Å². The summed E-state index contributed by atoms with van der Waals surface area (Å²) in [6.07, 6.45) is 6.28. The molecule has 2 aromatic rings. The van der Waals surface area contributed by atoms with Gasteiger partial charge in [-0.1, -0.05) is 48.9 Å². The lowest BCUT2D eigenvalue weighted by Gasteiger charge is -2.41. The number of likely N-dealkylation sites (N-methyl/N-ethyl adjacent to an activating group) is 1. The summed E-state index contributed by atoms with van der Waals surface area (Å²) in [5.41, 5.74) is 1.88. The topological polar surface area (TPSA) is 27.0 Å². The van der Waals surface area contributed by atoms with Crippen LogP contribution < -0.4 is 0 Å². The number of hydrogen-bond donors (Lipinski definition) is 0. The fraction of sp³-hybridized carbons (Fsp3) is 0.458. The third-order valence-electron chi connectivity index (χ3n) is 6.10. The molecule has 0 radical (unpaired) electrons. The van der Waals surface area contributed by atoms with Gasteiger partial charge in [0.1, 0.15) is 5.82 Å². The van der Waals surface area contributed by atoms with Crippen molar-refractivity contribution in [3.8, 4) is 6.07 Å². The smallest absolute Gasteiger partial charge is 0.123 e. The van der Waals surface area contributed by atoms with Crippen molar-refractivity contribution in [3.05, 3.63) is 71.5 Å². The van der Waals surface area contributed by atoms with E-state index in [0.717, 1.165) is 50.8 Å². The Morgan fingerprint density at radius 2 is 1.78 bits per heavy atom. The lowest BCUT2D eigenvalue weighted by molar-refractivity contribution is 0.188. The second-order valence-corrected chi connectivity index (χ2v) is 7.86. The number of benzene rings is 2. The summed E-state index contributed by atoms with van der Waals surface area (Å²) < 4.78 is 13.4. The molecule has 1 fully saturated rings. The predicted octanol–water partition coefficient (Wildman–Crippen LogP) is 5.34. The van der Waals surface area contributed by atoms with E-state index in [1.165, 1.54) is 24.1 Å². The fourth-order valence-electron chi connectivity index (χ4n) is 4.15. The lowest BCUT2D eigenvalue weighted by atomic mass is 9.61. The van der Waals surface area contributed by atoms with Gasteiger partial charge in [-0.3, -0.25) is 0 Å². The Bertz CT molecular complexity index is 746. The molecule has 2 nitrogen and oxygen atoms in total. The molecule has 1 aliphatic rings. The second kappa shape index (κ2) is 9.15. The molecule has 3 rings (SSSR count). The molecule has 0 N–H and O–H groups in total. The molecule has 1 atom stereocenters. The maximum absolute atomic E-state index is 13.4. The quantitative estimate of drug-likeness (QED) is 0.600. The number of rotatable bonds is 9. The van der Waals surface area contributed by atoms with Gasteiger partial charge in [0.05, 0.1) is 11.5 Å². The van der Waals surface area contributed by atoms with Crippen molar-refractivity contribution < 1.29 is 4.39 Å². The summed E-state index contributed by atoms with van der Waals surface area (Å²) in [6, 6.07) is 19.8. The highest BCUT2D eigenvalue weighted by Crippen LogP contribution is 2.46. The van der Waals surface area contributed by atoms with Gasteiger partial charge in [0.2, 0.25) is 0 Å². The minimum absolute atomic E-state index is 0.236. The SMILES string of the molecule is CN(CCCC(C#N)(c1ccc(F)cc1)C1CCC1)CCc1ccccc1. The summed E-state index contributed by atoms with van der Waals surface area (Å²) in [6.45, 7) is 1.99. The van der Waals surface area contributed by atoms with Crippen LogP contribution in [-0.4, -0.2) is 25.0 Å². The van der Waals surface area contributed by atoms with Gasteiger partial charge in [-0.15, -0.1) is 0 Å². The van der Waals surface area contributed by atoms with Gasteiger partial charge in [-0.2, -0.15) is 5.26 Å². The van der Waals surface area contributed by atoms with E-state index in [9.17, 15) is 9.65 Å². The minimum Gasteiger partial charge on any atom is -0.306 e. The van der Waals surface area contributed by atoms with Crippen molar-refractivity contribution in [2.45, 2.75) is 43.9 Å². The molecule has 0 heterocycles. The molecule has 1 unspecified atom stereocenters. The van der Waals surface area contributed by atoms with E-state index in [1.807, 2.05) is 18.2 Å². The van der Waals surface area contributed by atoms with Crippen molar-refractivity contribution in [1.82, 2.24) is 4.90 Å². The van der Waals surface area contributed by atoms with E-state index in [1.54, 1.807) is 0 Å². The zero-order valence-electron chi connectivity index (χ0n) is 16.2. The van der Waals surface area contributed by atoms with Crippen molar-refractivity contribution in [3.63, 3.8) is 0 Å². The first kappa shape index (κ1) is 19.6. The maximum atomic E-state index is 13.4. The maximum Gasteiger partial charge on any atom is 0.123 e. The molecule has 27 heavy (non-hydrogen) atoms. The van der Waals surface area contributed by atoms with Crippen LogP contribution in [0.2, 0.25) is 0 Å². The highest BCUT2D eigenvalue weighted by Gasteiger charge is 2.43. The molecule has 0 spiro atoms. The Kier molecular flexibility index (Phi) is 6.63. The average molecular weight is 365 g/mol. The van der Waals surface area contributed by atoms with Crippen LogP contribution in [0.25, 0.3) is 0 Å². The zero-order valence-corrected chi connectivity index (χ0v) is 16.2. The van der Waals surface area contributed by atoms with Crippen LogP contribution in [0.3, 0.4) is 0 Å². The van der Waals surface area contributed by atoms with Gasteiger partial charge < -0.3 is 4.90 Å². The van der Waals surface area contributed by atoms with Crippen LogP contribution >= 0.6 is 0 Å². The highest BCUT2D eigenvalue weighted by molar-refractivity contribution is 5.34. The Morgan fingerprint density at radius 3 is 2.37 bits per heavy atom. The normalized spacial score (nSPS) is 16.5. The third kappa shape index (κ3) is 4.76. The minimum atomic E-state index is -0.466. The lowest BCUT2D eigenvalue weighted by Crippen LogP contribution is -2.39. The summed E-state index contributed by atoms with van der Waals surface area (Å²) in [5, 5.41) is 10.1. The standard InChI is InChI=1S/C24H29FN2/c1-27(18-15-20-7-3-2-4-8-20)17-6-16-24(19-26,21-9-5-10-21)22-11-13-23(25)14-12-22/h2-4,7-8,11-14,21H,5-6,9-10,15-18H2,1H3. The van der Waals surface area contributed by atoms with E-state index in [2.05, 4.69) is 42.3 Å². The monoisotopic (exact) mass is 364 g/mol. The summed E-state index contributed by atoms with van der Waals surface area (Å²) >= 11 is 0. The number of halogens is 1. The van der Waals surface area contributed by atoms with E-state index >= 15 is 0 Å².